The van der Waals surface area contributed by atoms with Crippen molar-refractivity contribution in [1.29, 1.82) is 0 Å². The van der Waals surface area contributed by atoms with Gasteiger partial charge in [-0.05, 0) is 30.7 Å². The van der Waals surface area contributed by atoms with Gasteiger partial charge in [0.1, 0.15) is 5.75 Å². The van der Waals surface area contributed by atoms with Gasteiger partial charge >= 0.3 is 6.18 Å². The molecule has 0 saturated carbocycles. The molecule has 0 saturated heterocycles. The molecule has 0 fully saturated rings. The highest BCUT2D eigenvalue weighted by atomic mass is 79.9. The van der Waals surface area contributed by atoms with E-state index in [-0.39, 0.29) is 12.3 Å². The summed E-state index contributed by atoms with van der Waals surface area (Å²) in [5.41, 5.74) is 6.11. The summed E-state index contributed by atoms with van der Waals surface area (Å²) in [4.78, 5) is 0. The zero-order valence-electron chi connectivity index (χ0n) is 8.51. The van der Waals surface area contributed by atoms with E-state index in [0.29, 0.717) is 10.0 Å². The molecule has 0 aliphatic carbocycles. The van der Waals surface area contributed by atoms with Gasteiger partial charge in [-0.1, -0.05) is 15.9 Å². The highest BCUT2D eigenvalue weighted by Gasteiger charge is 2.38. The van der Waals surface area contributed by atoms with Gasteiger partial charge in [0.2, 0.25) is 0 Å². The number of hydrogen-bond donors (Lipinski definition) is 1. The first-order valence-electron chi connectivity index (χ1n) is 4.56. The quantitative estimate of drug-likeness (QED) is 0.929. The molecular weight excluding hydrogens is 287 g/mol. The van der Waals surface area contributed by atoms with E-state index in [1.54, 1.807) is 6.07 Å². The lowest BCUT2D eigenvalue weighted by molar-refractivity contribution is -0.189. The fraction of sp³-hybridized carbons (Fsp3) is 0.400. The van der Waals surface area contributed by atoms with Gasteiger partial charge in [0, 0.05) is 11.0 Å². The molecule has 1 atom stereocenters. The second-order valence-electron chi connectivity index (χ2n) is 3.30. The lowest BCUT2D eigenvalue weighted by Crippen LogP contribution is -2.31. The van der Waals surface area contributed by atoms with Gasteiger partial charge in [0.25, 0.3) is 0 Å². The number of alkyl halides is 3. The molecular formula is C10H11BrF3NO. The first-order valence-corrected chi connectivity index (χ1v) is 5.35. The molecule has 0 aliphatic rings. The summed E-state index contributed by atoms with van der Waals surface area (Å²) >= 11 is 3.18. The number of hydrogen-bond acceptors (Lipinski definition) is 2. The summed E-state index contributed by atoms with van der Waals surface area (Å²) in [7, 11) is 0. The Morgan fingerprint density at radius 1 is 1.38 bits per heavy atom. The van der Waals surface area contributed by atoms with Crippen LogP contribution in [0.4, 0.5) is 13.2 Å². The summed E-state index contributed by atoms with van der Waals surface area (Å²) in [6.07, 6.45) is -6.21. The fourth-order valence-electron chi connectivity index (χ4n) is 1.08. The predicted molar refractivity (Wildman–Crippen MR) is 58.2 cm³/mol. The average Bonchev–Trinajstić information content (AvgIpc) is 2.15. The summed E-state index contributed by atoms with van der Waals surface area (Å²) < 4.78 is 42.2. The van der Waals surface area contributed by atoms with Gasteiger partial charge in [-0.2, -0.15) is 13.2 Å². The lowest BCUT2D eigenvalue weighted by Gasteiger charge is -2.18. The molecule has 2 nitrogen and oxygen atoms in total. The SMILES string of the molecule is CC(Oc1cc(Br)cc(CN)c1)C(F)(F)F. The van der Waals surface area contributed by atoms with E-state index in [0.717, 1.165) is 6.92 Å². The largest absolute Gasteiger partial charge is 0.481 e. The Balaban J connectivity index is 2.85. The van der Waals surface area contributed by atoms with Gasteiger partial charge in [-0.3, -0.25) is 0 Å². The molecule has 0 radical (unpaired) electrons. The normalized spacial score (nSPS) is 13.6. The topological polar surface area (TPSA) is 35.2 Å². The van der Waals surface area contributed by atoms with Crippen molar-refractivity contribution in [3.8, 4) is 5.75 Å². The molecule has 16 heavy (non-hydrogen) atoms. The molecule has 1 rings (SSSR count). The average molecular weight is 298 g/mol. The van der Waals surface area contributed by atoms with E-state index in [2.05, 4.69) is 15.9 Å². The molecule has 0 heterocycles. The molecule has 1 aromatic carbocycles. The van der Waals surface area contributed by atoms with Gasteiger partial charge in [0.05, 0.1) is 0 Å². The van der Waals surface area contributed by atoms with Crippen LogP contribution in [0.1, 0.15) is 12.5 Å². The summed E-state index contributed by atoms with van der Waals surface area (Å²) in [5.74, 6) is 0.152. The minimum absolute atomic E-state index is 0.152. The molecule has 0 bridgehead atoms. The Labute approximate surface area is 99.7 Å². The molecule has 0 amide bonds. The first kappa shape index (κ1) is 13.3. The van der Waals surface area contributed by atoms with Crippen LogP contribution in [-0.4, -0.2) is 12.3 Å². The predicted octanol–water partition coefficient (Wildman–Crippen LogP) is 3.24. The van der Waals surface area contributed by atoms with Crippen molar-refractivity contribution in [3.05, 3.63) is 28.2 Å². The van der Waals surface area contributed by atoms with Gasteiger partial charge < -0.3 is 10.5 Å². The Bertz CT molecular complexity index is 368. The fourth-order valence-corrected chi connectivity index (χ4v) is 1.60. The maximum absolute atomic E-state index is 12.3. The van der Waals surface area contributed by atoms with Crippen LogP contribution in [0.3, 0.4) is 0 Å². The molecule has 6 heteroatoms. The molecule has 0 aliphatic heterocycles. The maximum atomic E-state index is 12.3. The highest BCUT2D eigenvalue weighted by Crippen LogP contribution is 2.27. The van der Waals surface area contributed by atoms with Crippen LogP contribution in [-0.2, 0) is 6.54 Å². The highest BCUT2D eigenvalue weighted by molar-refractivity contribution is 9.10. The second-order valence-corrected chi connectivity index (χ2v) is 4.22. The van der Waals surface area contributed by atoms with Crippen LogP contribution < -0.4 is 10.5 Å². The van der Waals surface area contributed by atoms with Crippen LogP contribution in [0.2, 0.25) is 0 Å². The molecule has 2 N–H and O–H groups in total. The standard InChI is InChI=1S/C10H11BrF3NO/c1-6(10(12,13)14)16-9-3-7(5-15)2-8(11)4-9/h2-4,6H,5,15H2,1H3. The van der Waals surface area contributed by atoms with E-state index in [1.165, 1.54) is 12.1 Å². The number of ether oxygens (including phenoxy) is 1. The van der Waals surface area contributed by atoms with Crippen LogP contribution >= 0.6 is 15.9 Å². The third-order valence-corrected chi connectivity index (χ3v) is 2.40. The van der Waals surface area contributed by atoms with Gasteiger partial charge in [0.15, 0.2) is 6.10 Å². The van der Waals surface area contributed by atoms with Crippen LogP contribution in [0, 0.1) is 0 Å². The summed E-state index contributed by atoms with van der Waals surface area (Å²) in [5, 5.41) is 0. The molecule has 0 spiro atoms. The Kier molecular flexibility index (Phi) is 4.21. The molecule has 90 valence electrons. The van der Waals surface area contributed by atoms with Gasteiger partial charge in [-0.15, -0.1) is 0 Å². The van der Waals surface area contributed by atoms with E-state index in [9.17, 15) is 13.2 Å². The second kappa shape index (κ2) is 5.05. The third kappa shape index (κ3) is 3.68. The van der Waals surface area contributed by atoms with Crippen molar-refractivity contribution in [2.24, 2.45) is 5.73 Å². The van der Waals surface area contributed by atoms with Crippen molar-refractivity contribution < 1.29 is 17.9 Å². The Morgan fingerprint density at radius 2 is 2.00 bits per heavy atom. The van der Waals surface area contributed by atoms with Crippen molar-refractivity contribution in [2.45, 2.75) is 25.7 Å². The monoisotopic (exact) mass is 297 g/mol. The number of benzene rings is 1. The zero-order chi connectivity index (χ0) is 12.3. The maximum Gasteiger partial charge on any atom is 0.425 e. The van der Waals surface area contributed by atoms with Crippen LogP contribution in [0.5, 0.6) is 5.75 Å². The Hall–Kier alpha value is -0.750. The summed E-state index contributed by atoms with van der Waals surface area (Å²) in [6.45, 7) is 1.21. The Morgan fingerprint density at radius 3 is 2.50 bits per heavy atom. The minimum atomic E-state index is -4.37. The van der Waals surface area contributed by atoms with Crippen molar-refractivity contribution in [3.63, 3.8) is 0 Å². The molecule has 1 unspecified atom stereocenters. The zero-order valence-corrected chi connectivity index (χ0v) is 10.1. The van der Waals surface area contributed by atoms with E-state index >= 15 is 0 Å². The third-order valence-electron chi connectivity index (χ3n) is 1.94. The molecule has 1 aromatic rings. The van der Waals surface area contributed by atoms with Crippen LogP contribution in [0.15, 0.2) is 22.7 Å². The lowest BCUT2D eigenvalue weighted by atomic mass is 10.2. The first-order chi connectivity index (χ1) is 7.32. The van der Waals surface area contributed by atoms with Crippen molar-refractivity contribution >= 4 is 15.9 Å². The van der Waals surface area contributed by atoms with E-state index in [4.69, 9.17) is 10.5 Å². The number of nitrogens with two attached hydrogens (primary N) is 1. The minimum Gasteiger partial charge on any atom is -0.481 e. The number of rotatable bonds is 3. The van der Waals surface area contributed by atoms with E-state index < -0.39 is 12.3 Å². The summed E-state index contributed by atoms with van der Waals surface area (Å²) in [6, 6.07) is 4.69. The van der Waals surface area contributed by atoms with Gasteiger partial charge in [-0.25, -0.2) is 0 Å². The molecule has 0 aromatic heterocycles. The van der Waals surface area contributed by atoms with Crippen molar-refractivity contribution in [2.75, 3.05) is 0 Å². The number of halogens is 4. The van der Waals surface area contributed by atoms with E-state index in [1.807, 2.05) is 0 Å². The van der Waals surface area contributed by atoms with Crippen LogP contribution in [0.25, 0.3) is 0 Å². The smallest absolute Gasteiger partial charge is 0.425 e. The van der Waals surface area contributed by atoms with Crippen molar-refractivity contribution in [1.82, 2.24) is 0 Å².